The van der Waals surface area contributed by atoms with Gasteiger partial charge in [0.05, 0.1) is 16.6 Å². The van der Waals surface area contributed by atoms with Crippen LogP contribution in [0.1, 0.15) is 17.0 Å². The topological polar surface area (TPSA) is 102 Å². The minimum atomic E-state index is -0.421. The van der Waals surface area contributed by atoms with Crippen LogP contribution in [0.15, 0.2) is 41.6 Å². The van der Waals surface area contributed by atoms with Crippen LogP contribution in [0.4, 0.5) is 5.69 Å². The molecule has 0 aliphatic carbocycles. The maximum absolute atomic E-state index is 11.3. The lowest BCUT2D eigenvalue weighted by Crippen LogP contribution is -2.13. The summed E-state index contributed by atoms with van der Waals surface area (Å²) >= 11 is 7.51. The standard InChI is InChI=1S/C19H17ClN4O5S/c1-23-17(9-28-16-5-3-2-4-15(16)20)21-22-19(23)30-10-13-7-14(24(25)26)6-12-8-27-11-29-18(12)13/h2-7H,8-11H2,1H3. The molecule has 0 spiro atoms. The van der Waals surface area contributed by atoms with E-state index in [0.717, 1.165) is 0 Å². The highest BCUT2D eigenvalue weighted by Gasteiger charge is 2.22. The van der Waals surface area contributed by atoms with Gasteiger partial charge < -0.3 is 18.8 Å². The first-order chi connectivity index (χ1) is 14.5. The first-order valence-electron chi connectivity index (χ1n) is 8.92. The largest absolute Gasteiger partial charge is 0.484 e. The number of fused-ring (bicyclic) bond motifs is 1. The normalized spacial score (nSPS) is 12.9. The summed E-state index contributed by atoms with van der Waals surface area (Å²) in [5.41, 5.74) is 1.38. The Morgan fingerprint density at radius 3 is 2.97 bits per heavy atom. The van der Waals surface area contributed by atoms with Crippen LogP contribution in [-0.4, -0.2) is 26.5 Å². The number of ether oxygens (including phenoxy) is 3. The summed E-state index contributed by atoms with van der Waals surface area (Å²) in [4.78, 5) is 10.8. The third kappa shape index (κ3) is 4.35. The van der Waals surface area contributed by atoms with Crippen LogP contribution in [0.2, 0.25) is 5.02 Å². The van der Waals surface area contributed by atoms with Gasteiger partial charge in [0.2, 0.25) is 0 Å². The van der Waals surface area contributed by atoms with Crippen molar-refractivity contribution in [1.29, 1.82) is 0 Å². The van der Waals surface area contributed by atoms with Crippen molar-refractivity contribution < 1.29 is 19.1 Å². The Bertz CT molecular complexity index is 1090. The van der Waals surface area contributed by atoms with Gasteiger partial charge in [-0.3, -0.25) is 10.1 Å². The van der Waals surface area contributed by atoms with Gasteiger partial charge in [-0.2, -0.15) is 0 Å². The minimum Gasteiger partial charge on any atom is -0.484 e. The number of rotatable bonds is 7. The number of hydrogen-bond acceptors (Lipinski definition) is 8. The molecule has 0 N–H and O–H groups in total. The zero-order valence-corrected chi connectivity index (χ0v) is 17.5. The molecule has 0 atom stereocenters. The lowest BCUT2D eigenvalue weighted by molar-refractivity contribution is -0.385. The van der Waals surface area contributed by atoms with Crippen LogP contribution in [-0.2, 0) is 30.8 Å². The fraction of sp³-hybridized carbons (Fsp3) is 0.263. The quantitative estimate of drug-likeness (QED) is 0.302. The predicted molar refractivity (Wildman–Crippen MR) is 110 cm³/mol. The van der Waals surface area contributed by atoms with Crippen molar-refractivity contribution in [3.8, 4) is 11.5 Å². The zero-order chi connectivity index (χ0) is 21.1. The van der Waals surface area contributed by atoms with E-state index in [1.165, 1.54) is 23.9 Å². The molecule has 2 aromatic carbocycles. The van der Waals surface area contributed by atoms with E-state index in [9.17, 15) is 10.1 Å². The predicted octanol–water partition coefficient (Wildman–Crippen LogP) is 4.11. The van der Waals surface area contributed by atoms with Crippen molar-refractivity contribution in [3.05, 3.63) is 68.5 Å². The van der Waals surface area contributed by atoms with Crippen LogP contribution in [0.3, 0.4) is 0 Å². The second-order valence-corrected chi connectivity index (χ2v) is 7.78. The van der Waals surface area contributed by atoms with E-state index in [0.29, 0.717) is 44.4 Å². The molecule has 11 heteroatoms. The average Bonchev–Trinajstić information content (AvgIpc) is 3.10. The van der Waals surface area contributed by atoms with E-state index in [4.69, 9.17) is 25.8 Å². The maximum atomic E-state index is 11.3. The zero-order valence-electron chi connectivity index (χ0n) is 15.9. The molecule has 0 radical (unpaired) electrons. The molecule has 3 aromatic rings. The van der Waals surface area contributed by atoms with Crippen LogP contribution in [0.5, 0.6) is 11.5 Å². The Kier molecular flexibility index (Phi) is 6.07. The molecule has 156 valence electrons. The van der Waals surface area contributed by atoms with Gasteiger partial charge in [-0.15, -0.1) is 10.2 Å². The van der Waals surface area contributed by atoms with Crippen molar-refractivity contribution in [2.75, 3.05) is 6.79 Å². The van der Waals surface area contributed by atoms with Crippen LogP contribution in [0, 0.1) is 10.1 Å². The molecule has 0 amide bonds. The smallest absolute Gasteiger partial charge is 0.270 e. The van der Waals surface area contributed by atoms with Crippen molar-refractivity contribution in [2.45, 2.75) is 24.1 Å². The first kappa shape index (κ1) is 20.5. The van der Waals surface area contributed by atoms with Gasteiger partial charge in [0.15, 0.2) is 17.8 Å². The Hall–Kier alpha value is -2.82. The Morgan fingerprint density at radius 2 is 2.17 bits per heavy atom. The number of nitro benzene ring substituents is 1. The monoisotopic (exact) mass is 448 g/mol. The number of nitrogens with zero attached hydrogens (tertiary/aromatic N) is 4. The molecule has 0 fully saturated rings. The summed E-state index contributed by atoms with van der Waals surface area (Å²) in [6, 6.07) is 10.2. The van der Waals surface area contributed by atoms with E-state index in [1.54, 1.807) is 12.1 Å². The third-order valence-corrected chi connectivity index (χ3v) is 5.84. The molecule has 0 saturated heterocycles. The van der Waals surface area contributed by atoms with Gasteiger partial charge in [0, 0.05) is 36.1 Å². The molecule has 30 heavy (non-hydrogen) atoms. The van der Waals surface area contributed by atoms with E-state index in [2.05, 4.69) is 10.2 Å². The second-order valence-electron chi connectivity index (χ2n) is 6.43. The molecule has 0 unspecified atom stereocenters. The molecule has 2 heterocycles. The number of thioether (sulfide) groups is 1. The number of non-ortho nitro benzene ring substituents is 1. The molecular formula is C19H17ClN4O5S. The highest BCUT2D eigenvalue weighted by molar-refractivity contribution is 7.98. The van der Waals surface area contributed by atoms with Gasteiger partial charge in [-0.1, -0.05) is 35.5 Å². The summed E-state index contributed by atoms with van der Waals surface area (Å²) in [5, 5.41) is 20.8. The molecule has 9 nitrogen and oxygen atoms in total. The fourth-order valence-electron chi connectivity index (χ4n) is 2.94. The summed E-state index contributed by atoms with van der Waals surface area (Å²) in [6.07, 6.45) is 0. The van der Waals surface area contributed by atoms with E-state index >= 15 is 0 Å². The summed E-state index contributed by atoms with van der Waals surface area (Å²) in [5.74, 6) is 2.26. The molecule has 4 rings (SSSR count). The van der Waals surface area contributed by atoms with E-state index in [1.807, 2.05) is 23.7 Å². The van der Waals surface area contributed by atoms with Crippen LogP contribution in [0.25, 0.3) is 0 Å². The number of hydrogen-bond donors (Lipinski definition) is 0. The Labute approximate surface area is 181 Å². The molecule has 0 saturated carbocycles. The van der Waals surface area contributed by atoms with Crippen molar-refractivity contribution in [2.24, 2.45) is 7.05 Å². The van der Waals surface area contributed by atoms with E-state index < -0.39 is 4.92 Å². The number of aromatic nitrogens is 3. The van der Waals surface area contributed by atoms with Gasteiger partial charge in [-0.25, -0.2) is 0 Å². The molecule has 0 bridgehead atoms. The van der Waals surface area contributed by atoms with Gasteiger partial charge in [0.25, 0.3) is 5.69 Å². The third-order valence-electron chi connectivity index (χ3n) is 4.46. The van der Waals surface area contributed by atoms with E-state index in [-0.39, 0.29) is 25.7 Å². The number of benzene rings is 2. The molecule has 1 aromatic heterocycles. The molecule has 1 aliphatic heterocycles. The first-order valence-corrected chi connectivity index (χ1v) is 10.3. The van der Waals surface area contributed by atoms with Crippen LogP contribution >= 0.6 is 23.4 Å². The van der Waals surface area contributed by atoms with Crippen molar-refractivity contribution in [1.82, 2.24) is 14.8 Å². The number of nitro groups is 1. The average molecular weight is 449 g/mol. The summed E-state index contributed by atoms with van der Waals surface area (Å²) in [6.45, 7) is 0.610. The lowest BCUT2D eigenvalue weighted by atomic mass is 10.1. The Morgan fingerprint density at radius 1 is 1.33 bits per heavy atom. The fourth-order valence-corrected chi connectivity index (χ4v) is 4.02. The SMILES string of the molecule is Cn1c(COc2ccccc2Cl)nnc1SCc1cc([N+](=O)[O-])cc2c1OCOC2. The minimum absolute atomic E-state index is 0.00486. The number of halogens is 1. The highest BCUT2D eigenvalue weighted by atomic mass is 35.5. The maximum Gasteiger partial charge on any atom is 0.270 e. The lowest BCUT2D eigenvalue weighted by Gasteiger charge is -2.20. The number of para-hydroxylation sites is 1. The van der Waals surface area contributed by atoms with Crippen molar-refractivity contribution in [3.63, 3.8) is 0 Å². The summed E-state index contributed by atoms with van der Waals surface area (Å²) < 4.78 is 18.4. The molecule has 1 aliphatic rings. The van der Waals surface area contributed by atoms with Crippen molar-refractivity contribution >= 4 is 29.1 Å². The van der Waals surface area contributed by atoms with Gasteiger partial charge in [0.1, 0.15) is 18.1 Å². The van der Waals surface area contributed by atoms with Gasteiger partial charge >= 0.3 is 0 Å². The highest BCUT2D eigenvalue weighted by Crippen LogP contribution is 2.36. The second kappa shape index (κ2) is 8.90. The van der Waals surface area contributed by atoms with Gasteiger partial charge in [-0.05, 0) is 12.1 Å². The Balaban J connectivity index is 1.48. The van der Waals surface area contributed by atoms with Crippen LogP contribution < -0.4 is 9.47 Å². The molecular weight excluding hydrogens is 432 g/mol. The summed E-state index contributed by atoms with van der Waals surface area (Å²) in [7, 11) is 1.83.